The SMILES string of the molecule is COc1ccccc1CN(C(=O)c1cccnc1SC)C1CC1. The van der Waals surface area contributed by atoms with Gasteiger partial charge in [0.1, 0.15) is 10.8 Å². The lowest BCUT2D eigenvalue weighted by atomic mass is 10.1. The fraction of sp³-hybridized carbons (Fsp3) is 0.333. The summed E-state index contributed by atoms with van der Waals surface area (Å²) in [6.07, 6.45) is 5.80. The van der Waals surface area contributed by atoms with Crippen LogP contribution in [0.4, 0.5) is 0 Å². The van der Waals surface area contributed by atoms with Crippen LogP contribution in [0.3, 0.4) is 0 Å². The molecule has 1 fully saturated rings. The molecule has 0 bridgehead atoms. The molecule has 0 unspecified atom stereocenters. The van der Waals surface area contributed by atoms with Gasteiger partial charge in [-0.25, -0.2) is 4.98 Å². The van der Waals surface area contributed by atoms with Gasteiger partial charge in [0.15, 0.2) is 0 Å². The highest BCUT2D eigenvalue weighted by molar-refractivity contribution is 7.98. The third-order valence-corrected chi connectivity index (χ3v) is 4.69. The molecule has 0 aliphatic heterocycles. The summed E-state index contributed by atoms with van der Waals surface area (Å²) in [7, 11) is 1.66. The largest absolute Gasteiger partial charge is 0.496 e. The van der Waals surface area contributed by atoms with E-state index in [1.165, 1.54) is 11.8 Å². The van der Waals surface area contributed by atoms with Crippen LogP contribution in [0.5, 0.6) is 5.75 Å². The van der Waals surface area contributed by atoms with E-state index in [2.05, 4.69) is 4.98 Å². The number of thioether (sulfide) groups is 1. The Labute approximate surface area is 140 Å². The molecule has 3 rings (SSSR count). The van der Waals surface area contributed by atoms with Crippen molar-refractivity contribution in [2.45, 2.75) is 30.5 Å². The summed E-state index contributed by atoms with van der Waals surface area (Å²) in [4.78, 5) is 19.3. The highest BCUT2D eigenvalue weighted by Crippen LogP contribution is 2.32. The first kappa shape index (κ1) is 15.9. The molecule has 1 amide bonds. The molecule has 23 heavy (non-hydrogen) atoms. The van der Waals surface area contributed by atoms with Gasteiger partial charge in [-0.1, -0.05) is 18.2 Å². The molecular formula is C18H20N2O2S. The van der Waals surface area contributed by atoms with E-state index in [0.29, 0.717) is 18.2 Å². The van der Waals surface area contributed by atoms with Gasteiger partial charge in [-0.05, 0) is 37.3 Å². The van der Waals surface area contributed by atoms with E-state index in [9.17, 15) is 4.79 Å². The maximum Gasteiger partial charge on any atom is 0.257 e. The molecule has 0 N–H and O–H groups in total. The zero-order chi connectivity index (χ0) is 16.2. The average molecular weight is 328 g/mol. The third kappa shape index (κ3) is 3.50. The number of hydrogen-bond donors (Lipinski definition) is 0. The summed E-state index contributed by atoms with van der Waals surface area (Å²) < 4.78 is 5.42. The van der Waals surface area contributed by atoms with Crippen LogP contribution >= 0.6 is 11.8 Å². The number of carbonyl (C=O) groups excluding carboxylic acids is 1. The number of ether oxygens (including phenoxy) is 1. The monoisotopic (exact) mass is 328 g/mol. The van der Waals surface area contributed by atoms with Crippen molar-refractivity contribution in [3.63, 3.8) is 0 Å². The first-order valence-corrected chi connectivity index (χ1v) is 8.89. The number of carbonyl (C=O) groups is 1. The molecule has 1 aliphatic carbocycles. The van der Waals surface area contributed by atoms with Crippen LogP contribution in [0.2, 0.25) is 0 Å². The van der Waals surface area contributed by atoms with Crippen LogP contribution < -0.4 is 4.74 Å². The molecule has 120 valence electrons. The molecule has 5 heteroatoms. The lowest BCUT2D eigenvalue weighted by Crippen LogP contribution is -2.33. The summed E-state index contributed by atoms with van der Waals surface area (Å²) >= 11 is 1.50. The van der Waals surface area contributed by atoms with Crippen LogP contribution in [0, 0.1) is 0 Å². The molecule has 1 aromatic heterocycles. The Hall–Kier alpha value is -2.01. The van der Waals surface area contributed by atoms with Gasteiger partial charge in [0.05, 0.1) is 12.7 Å². The lowest BCUT2D eigenvalue weighted by molar-refractivity contribution is 0.0724. The molecule has 0 spiro atoms. The van der Waals surface area contributed by atoms with E-state index in [4.69, 9.17) is 4.74 Å². The Bertz CT molecular complexity index is 701. The molecule has 4 nitrogen and oxygen atoms in total. The Morgan fingerprint density at radius 1 is 1.30 bits per heavy atom. The first-order chi connectivity index (χ1) is 11.2. The van der Waals surface area contributed by atoms with Crippen LogP contribution in [-0.4, -0.2) is 35.2 Å². The fourth-order valence-electron chi connectivity index (χ4n) is 2.64. The van der Waals surface area contributed by atoms with E-state index in [-0.39, 0.29) is 5.91 Å². The van der Waals surface area contributed by atoms with Gasteiger partial charge in [-0.2, -0.15) is 0 Å². The second-order valence-corrected chi connectivity index (χ2v) is 6.33. The Morgan fingerprint density at radius 3 is 2.78 bits per heavy atom. The summed E-state index contributed by atoms with van der Waals surface area (Å²) in [6, 6.07) is 11.9. The smallest absolute Gasteiger partial charge is 0.257 e. The Balaban J connectivity index is 1.88. The molecule has 0 saturated heterocycles. The minimum atomic E-state index is 0.0517. The van der Waals surface area contributed by atoms with Crippen molar-refractivity contribution in [3.05, 3.63) is 53.7 Å². The number of nitrogens with zero attached hydrogens (tertiary/aromatic N) is 2. The number of rotatable bonds is 6. The van der Waals surface area contributed by atoms with Gasteiger partial charge in [0.25, 0.3) is 5.91 Å². The molecule has 1 saturated carbocycles. The number of pyridine rings is 1. The van der Waals surface area contributed by atoms with Crippen LogP contribution in [-0.2, 0) is 6.54 Å². The number of benzene rings is 1. The highest BCUT2D eigenvalue weighted by Gasteiger charge is 2.34. The highest BCUT2D eigenvalue weighted by atomic mass is 32.2. The van der Waals surface area contributed by atoms with Crippen molar-refractivity contribution in [1.29, 1.82) is 0 Å². The summed E-state index contributed by atoms with van der Waals surface area (Å²) in [5, 5.41) is 0.781. The predicted molar refractivity (Wildman–Crippen MR) is 91.9 cm³/mol. The lowest BCUT2D eigenvalue weighted by Gasteiger charge is -2.24. The van der Waals surface area contributed by atoms with Crippen molar-refractivity contribution in [2.24, 2.45) is 0 Å². The molecule has 1 heterocycles. The van der Waals surface area contributed by atoms with Gasteiger partial charge in [0.2, 0.25) is 0 Å². The van der Waals surface area contributed by atoms with Gasteiger partial charge in [-0.3, -0.25) is 4.79 Å². The number of amides is 1. The summed E-state index contributed by atoms with van der Waals surface area (Å²) in [6.45, 7) is 0.566. The van der Waals surface area contributed by atoms with E-state index >= 15 is 0 Å². The molecular weight excluding hydrogens is 308 g/mol. The van der Waals surface area contributed by atoms with Gasteiger partial charge in [0, 0.05) is 24.3 Å². The zero-order valence-corrected chi connectivity index (χ0v) is 14.2. The quantitative estimate of drug-likeness (QED) is 0.760. The molecule has 0 atom stereocenters. The van der Waals surface area contributed by atoms with Crippen molar-refractivity contribution < 1.29 is 9.53 Å². The number of methoxy groups -OCH3 is 1. The number of para-hydroxylation sites is 1. The molecule has 1 aliphatic rings. The molecule has 1 aromatic carbocycles. The minimum absolute atomic E-state index is 0.0517. The topological polar surface area (TPSA) is 42.4 Å². The maximum absolute atomic E-state index is 13.0. The second kappa shape index (κ2) is 7.04. The normalized spacial score (nSPS) is 13.7. The summed E-state index contributed by atoms with van der Waals surface area (Å²) in [5.74, 6) is 0.873. The van der Waals surface area contributed by atoms with Crippen LogP contribution in [0.15, 0.2) is 47.6 Å². The van der Waals surface area contributed by atoms with E-state index < -0.39 is 0 Å². The second-order valence-electron chi connectivity index (χ2n) is 5.54. The number of hydrogen-bond acceptors (Lipinski definition) is 4. The van der Waals surface area contributed by atoms with Gasteiger partial charge >= 0.3 is 0 Å². The Kier molecular flexibility index (Phi) is 4.86. The van der Waals surface area contributed by atoms with Crippen LogP contribution in [0.1, 0.15) is 28.8 Å². The fourth-order valence-corrected chi connectivity index (χ4v) is 3.18. The van der Waals surface area contributed by atoms with E-state index in [0.717, 1.165) is 29.2 Å². The van der Waals surface area contributed by atoms with Gasteiger partial charge in [-0.15, -0.1) is 11.8 Å². The zero-order valence-electron chi connectivity index (χ0n) is 13.4. The molecule has 0 radical (unpaired) electrons. The van der Waals surface area contributed by atoms with Gasteiger partial charge < -0.3 is 9.64 Å². The minimum Gasteiger partial charge on any atom is -0.496 e. The standard InChI is InChI=1S/C18H20N2O2S/c1-22-16-8-4-3-6-13(16)12-20(14-9-10-14)18(21)15-7-5-11-19-17(15)23-2/h3-8,11,14H,9-10,12H2,1-2H3. The molecule has 2 aromatic rings. The van der Waals surface area contributed by atoms with E-state index in [1.807, 2.05) is 47.6 Å². The van der Waals surface area contributed by atoms with Crippen molar-refractivity contribution in [3.8, 4) is 5.75 Å². The van der Waals surface area contributed by atoms with Crippen molar-refractivity contribution >= 4 is 17.7 Å². The van der Waals surface area contributed by atoms with Crippen molar-refractivity contribution in [2.75, 3.05) is 13.4 Å². The maximum atomic E-state index is 13.0. The van der Waals surface area contributed by atoms with Crippen molar-refractivity contribution in [1.82, 2.24) is 9.88 Å². The third-order valence-electron chi connectivity index (χ3n) is 3.98. The Morgan fingerprint density at radius 2 is 2.09 bits per heavy atom. The van der Waals surface area contributed by atoms with Crippen LogP contribution in [0.25, 0.3) is 0 Å². The predicted octanol–water partition coefficient (Wildman–Crippen LogP) is 3.62. The first-order valence-electron chi connectivity index (χ1n) is 7.66. The average Bonchev–Trinajstić information content (AvgIpc) is 3.44. The summed E-state index contributed by atoms with van der Waals surface area (Å²) in [5.41, 5.74) is 1.71. The van der Waals surface area contributed by atoms with E-state index in [1.54, 1.807) is 13.3 Å². The number of aromatic nitrogens is 1.